The van der Waals surface area contributed by atoms with E-state index >= 15 is 0 Å². The molecule has 0 aromatic carbocycles. The molecule has 0 aliphatic heterocycles. The minimum absolute atomic E-state index is 0.569. The number of nitrogens with zero attached hydrogens (tertiary/aromatic N) is 1. The van der Waals surface area contributed by atoms with E-state index in [2.05, 4.69) is 31.0 Å². The zero-order valence-electron chi connectivity index (χ0n) is 14.1. The van der Waals surface area contributed by atoms with Crippen molar-refractivity contribution in [1.29, 1.82) is 0 Å². The molecule has 2 fully saturated rings. The number of hydrogen-bond acceptors (Lipinski definition) is 2. The minimum Gasteiger partial charge on any atom is -0.316 e. The van der Waals surface area contributed by atoms with E-state index in [-0.39, 0.29) is 0 Å². The van der Waals surface area contributed by atoms with Crippen molar-refractivity contribution in [3.8, 4) is 0 Å². The summed E-state index contributed by atoms with van der Waals surface area (Å²) in [5.41, 5.74) is 0.569. The Hall–Kier alpha value is -0.0800. The standard InChI is InChI=1S/C18H36N2/c1-4-12-19-14-18(10-8-16(3)9-11-18)15-20(13-5-2)17-6-7-17/h16-17,19H,4-15H2,1-3H3. The van der Waals surface area contributed by atoms with Gasteiger partial charge in [0.05, 0.1) is 0 Å². The van der Waals surface area contributed by atoms with Crippen LogP contribution in [0.5, 0.6) is 0 Å². The molecule has 2 aliphatic carbocycles. The third-order valence-corrected chi connectivity index (χ3v) is 5.37. The lowest BCUT2D eigenvalue weighted by Crippen LogP contribution is -2.47. The van der Waals surface area contributed by atoms with Crippen LogP contribution in [0.4, 0.5) is 0 Å². The molecule has 0 aromatic heterocycles. The van der Waals surface area contributed by atoms with Gasteiger partial charge in [0.15, 0.2) is 0 Å². The van der Waals surface area contributed by atoms with E-state index in [4.69, 9.17) is 0 Å². The minimum atomic E-state index is 0.569. The first-order valence-electron chi connectivity index (χ1n) is 9.14. The molecule has 0 atom stereocenters. The molecule has 2 saturated carbocycles. The van der Waals surface area contributed by atoms with Crippen LogP contribution in [0.3, 0.4) is 0 Å². The van der Waals surface area contributed by atoms with Crippen LogP contribution < -0.4 is 5.32 Å². The number of rotatable bonds is 9. The SMILES string of the molecule is CCCNCC1(CN(CCC)C2CC2)CCC(C)CC1. The summed E-state index contributed by atoms with van der Waals surface area (Å²) in [6.45, 7) is 12.2. The van der Waals surface area contributed by atoms with Crippen LogP contribution in [0, 0.1) is 11.3 Å². The lowest BCUT2D eigenvalue weighted by atomic mass is 9.70. The van der Waals surface area contributed by atoms with Gasteiger partial charge in [0.1, 0.15) is 0 Å². The molecule has 2 nitrogen and oxygen atoms in total. The van der Waals surface area contributed by atoms with Crippen molar-refractivity contribution in [1.82, 2.24) is 10.2 Å². The molecule has 2 rings (SSSR count). The molecule has 0 heterocycles. The van der Waals surface area contributed by atoms with Crippen LogP contribution in [-0.2, 0) is 0 Å². The fourth-order valence-electron chi connectivity index (χ4n) is 3.84. The lowest BCUT2D eigenvalue weighted by molar-refractivity contribution is 0.0821. The topological polar surface area (TPSA) is 15.3 Å². The van der Waals surface area contributed by atoms with Gasteiger partial charge in [0.25, 0.3) is 0 Å². The third kappa shape index (κ3) is 4.73. The zero-order chi connectivity index (χ0) is 14.4. The van der Waals surface area contributed by atoms with Gasteiger partial charge in [-0.15, -0.1) is 0 Å². The first-order valence-corrected chi connectivity index (χ1v) is 9.14. The molecule has 0 unspecified atom stereocenters. The van der Waals surface area contributed by atoms with Crippen molar-refractivity contribution < 1.29 is 0 Å². The smallest absolute Gasteiger partial charge is 0.00966 e. The molecule has 0 aromatic rings. The quantitative estimate of drug-likeness (QED) is 0.641. The summed E-state index contributed by atoms with van der Waals surface area (Å²) in [7, 11) is 0. The predicted octanol–water partition coefficient (Wildman–Crippen LogP) is 4.06. The summed E-state index contributed by atoms with van der Waals surface area (Å²) in [6.07, 6.45) is 11.2. The Morgan fingerprint density at radius 2 is 1.75 bits per heavy atom. The van der Waals surface area contributed by atoms with Gasteiger partial charge in [-0.1, -0.05) is 33.6 Å². The Labute approximate surface area is 126 Å². The Morgan fingerprint density at radius 3 is 2.30 bits per heavy atom. The molecular weight excluding hydrogens is 244 g/mol. The molecule has 2 heteroatoms. The average Bonchev–Trinajstić information content (AvgIpc) is 3.27. The second-order valence-electron chi connectivity index (χ2n) is 7.56. The highest BCUT2D eigenvalue weighted by molar-refractivity contribution is 4.93. The molecule has 0 amide bonds. The summed E-state index contributed by atoms with van der Waals surface area (Å²) in [4.78, 5) is 2.82. The fraction of sp³-hybridized carbons (Fsp3) is 1.00. The molecule has 2 aliphatic rings. The van der Waals surface area contributed by atoms with E-state index in [1.165, 1.54) is 77.5 Å². The van der Waals surface area contributed by atoms with Gasteiger partial charge in [-0.3, -0.25) is 4.90 Å². The van der Waals surface area contributed by atoms with Crippen LogP contribution in [-0.4, -0.2) is 37.1 Å². The highest BCUT2D eigenvalue weighted by atomic mass is 15.2. The second-order valence-corrected chi connectivity index (χ2v) is 7.56. The van der Waals surface area contributed by atoms with Gasteiger partial charge >= 0.3 is 0 Å². The molecule has 0 radical (unpaired) electrons. The summed E-state index contributed by atoms with van der Waals surface area (Å²) in [5, 5.41) is 3.74. The Morgan fingerprint density at radius 1 is 1.05 bits per heavy atom. The van der Waals surface area contributed by atoms with Crippen LogP contribution in [0.2, 0.25) is 0 Å². The molecule has 0 saturated heterocycles. The van der Waals surface area contributed by atoms with Gasteiger partial charge in [-0.2, -0.15) is 0 Å². The molecule has 118 valence electrons. The van der Waals surface area contributed by atoms with E-state index in [1.807, 2.05) is 0 Å². The first-order chi connectivity index (χ1) is 9.69. The molecule has 0 spiro atoms. The van der Waals surface area contributed by atoms with Crippen LogP contribution in [0.25, 0.3) is 0 Å². The van der Waals surface area contributed by atoms with Gasteiger partial charge in [0.2, 0.25) is 0 Å². The number of hydrogen-bond donors (Lipinski definition) is 1. The molecule has 20 heavy (non-hydrogen) atoms. The molecule has 1 N–H and O–H groups in total. The highest BCUT2D eigenvalue weighted by Crippen LogP contribution is 2.41. The Bertz CT molecular complexity index is 265. The Kier molecular flexibility index (Phi) is 6.35. The van der Waals surface area contributed by atoms with Crippen LogP contribution in [0.15, 0.2) is 0 Å². The monoisotopic (exact) mass is 280 g/mol. The van der Waals surface area contributed by atoms with E-state index in [1.54, 1.807) is 0 Å². The van der Waals surface area contributed by atoms with E-state index in [0.717, 1.165) is 12.0 Å². The van der Waals surface area contributed by atoms with Crippen molar-refractivity contribution in [3.63, 3.8) is 0 Å². The average molecular weight is 280 g/mol. The van der Waals surface area contributed by atoms with Crippen molar-refractivity contribution in [2.24, 2.45) is 11.3 Å². The summed E-state index contributed by atoms with van der Waals surface area (Å²) >= 11 is 0. The van der Waals surface area contributed by atoms with Crippen molar-refractivity contribution in [2.45, 2.75) is 78.2 Å². The van der Waals surface area contributed by atoms with E-state index < -0.39 is 0 Å². The van der Waals surface area contributed by atoms with Gasteiger partial charge in [0, 0.05) is 19.1 Å². The maximum Gasteiger partial charge on any atom is 0.00966 e. The largest absolute Gasteiger partial charge is 0.316 e. The third-order valence-electron chi connectivity index (χ3n) is 5.37. The summed E-state index contributed by atoms with van der Waals surface area (Å²) in [6, 6.07) is 0.928. The maximum absolute atomic E-state index is 3.74. The van der Waals surface area contributed by atoms with Crippen molar-refractivity contribution >= 4 is 0 Å². The summed E-state index contributed by atoms with van der Waals surface area (Å²) < 4.78 is 0. The van der Waals surface area contributed by atoms with Crippen molar-refractivity contribution in [3.05, 3.63) is 0 Å². The number of nitrogens with one attached hydrogen (secondary N) is 1. The highest BCUT2D eigenvalue weighted by Gasteiger charge is 2.39. The van der Waals surface area contributed by atoms with E-state index in [9.17, 15) is 0 Å². The van der Waals surface area contributed by atoms with Crippen LogP contribution in [0.1, 0.15) is 72.1 Å². The Balaban J connectivity index is 1.93. The van der Waals surface area contributed by atoms with Crippen molar-refractivity contribution in [2.75, 3.05) is 26.2 Å². The normalized spacial score (nSPS) is 30.9. The van der Waals surface area contributed by atoms with E-state index in [0.29, 0.717) is 5.41 Å². The second kappa shape index (κ2) is 7.79. The fourth-order valence-corrected chi connectivity index (χ4v) is 3.84. The maximum atomic E-state index is 3.74. The van der Waals surface area contributed by atoms with Gasteiger partial charge < -0.3 is 5.32 Å². The first kappa shape index (κ1) is 16.3. The zero-order valence-corrected chi connectivity index (χ0v) is 14.1. The van der Waals surface area contributed by atoms with Gasteiger partial charge in [-0.05, 0) is 62.9 Å². The predicted molar refractivity (Wildman–Crippen MR) is 88.1 cm³/mol. The molecular formula is C18H36N2. The molecule has 0 bridgehead atoms. The summed E-state index contributed by atoms with van der Waals surface area (Å²) in [5.74, 6) is 0.954. The van der Waals surface area contributed by atoms with Crippen LogP contribution >= 0.6 is 0 Å². The van der Waals surface area contributed by atoms with Gasteiger partial charge in [-0.25, -0.2) is 0 Å². The lowest BCUT2D eigenvalue weighted by Gasteiger charge is -2.43.